The molecule has 15 heavy (non-hydrogen) atoms. The van der Waals surface area contributed by atoms with Crippen molar-refractivity contribution in [3.63, 3.8) is 0 Å². The van der Waals surface area contributed by atoms with Gasteiger partial charge in [-0.3, -0.25) is 4.79 Å². The lowest BCUT2D eigenvalue weighted by atomic mass is 9.67. The third-order valence-electron chi connectivity index (χ3n) is 3.97. The summed E-state index contributed by atoms with van der Waals surface area (Å²) in [6.45, 7) is 0. The third-order valence-corrected chi connectivity index (χ3v) is 3.97. The monoisotopic (exact) mass is 200 g/mol. The fourth-order valence-electron chi connectivity index (χ4n) is 3.16. The minimum Gasteiger partial charge on any atom is -0.300 e. The number of allylic oxidation sites excluding steroid dienone is 6. The molecule has 0 heterocycles. The van der Waals surface area contributed by atoms with E-state index in [0.717, 1.165) is 19.3 Å². The van der Waals surface area contributed by atoms with Crippen LogP contribution >= 0.6 is 0 Å². The molecule has 0 saturated heterocycles. The lowest BCUT2D eigenvalue weighted by Crippen LogP contribution is -2.28. The van der Waals surface area contributed by atoms with Crippen LogP contribution in [0.15, 0.2) is 35.5 Å². The van der Waals surface area contributed by atoms with Crippen molar-refractivity contribution in [1.29, 1.82) is 0 Å². The molecule has 2 unspecified atom stereocenters. The molecule has 0 bridgehead atoms. The molecule has 3 rings (SSSR count). The zero-order valence-electron chi connectivity index (χ0n) is 8.91. The van der Waals surface area contributed by atoms with Gasteiger partial charge in [-0.1, -0.05) is 29.9 Å². The first kappa shape index (κ1) is 9.14. The maximum atomic E-state index is 11.5. The standard InChI is InChI=1S/C14H16O/c15-12-8-7-11-6-5-10-3-1-2-4-13(10)14(11)9-12/h1,3,5-6,13-14H,2,4,7-9H2. The first-order valence-corrected chi connectivity index (χ1v) is 5.93. The second-order valence-corrected chi connectivity index (χ2v) is 4.84. The van der Waals surface area contributed by atoms with Crippen LogP contribution in [0.5, 0.6) is 0 Å². The molecule has 0 aromatic rings. The van der Waals surface area contributed by atoms with Crippen LogP contribution in [-0.4, -0.2) is 5.78 Å². The van der Waals surface area contributed by atoms with E-state index in [0.29, 0.717) is 17.6 Å². The average Bonchev–Trinajstić information content (AvgIpc) is 2.29. The van der Waals surface area contributed by atoms with Gasteiger partial charge in [-0.2, -0.15) is 0 Å². The highest BCUT2D eigenvalue weighted by Crippen LogP contribution is 2.43. The van der Waals surface area contributed by atoms with Gasteiger partial charge in [-0.05, 0) is 36.7 Å². The Morgan fingerprint density at radius 1 is 1.13 bits per heavy atom. The summed E-state index contributed by atoms with van der Waals surface area (Å²) in [5.41, 5.74) is 2.98. The van der Waals surface area contributed by atoms with Crippen LogP contribution in [0.3, 0.4) is 0 Å². The van der Waals surface area contributed by atoms with E-state index in [1.807, 2.05) is 0 Å². The fraction of sp³-hybridized carbons (Fsp3) is 0.500. The Labute approximate surface area is 90.6 Å². The van der Waals surface area contributed by atoms with Crippen molar-refractivity contribution in [2.75, 3.05) is 0 Å². The van der Waals surface area contributed by atoms with Gasteiger partial charge in [0, 0.05) is 12.8 Å². The summed E-state index contributed by atoms with van der Waals surface area (Å²) in [5.74, 6) is 1.64. The number of hydrogen-bond acceptors (Lipinski definition) is 1. The predicted octanol–water partition coefficient (Wildman–Crippen LogP) is 3.19. The molecular weight excluding hydrogens is 184 g/mol. The summed E-state index contributed by atoms with van der Waals surface area (Å²) in [7, 11) is 0. The normalized spacial score (nSPS) is 34.0. The van der Waals surface area contributed by atoms with Gasteiger partial charge in [-0.15, -0.1) is 0 Å². The SMILES string of the molecule is O=C1CCC2=CC=C3C=CCCC3C2C1. The number of carbonyl (C=O) groups excluding carboxylic acids is 1. The summed E-state index contributed by atoms with van der Waals surface area (Å²) in [6.07, 6.45) is 14.0. The number of fused-ring (bicyclic) bond motifs is 3. The van der Waals surface area contributed by atoms with Crippen LogP contribution in [0, 0.1) is 11.8 Å². The van der Waals surface area contributed by atoms with E-state index >= 15 is 0 Å². The van der Waals surface area contributed by atoms with Crippen molar-refractivity contribution < 1.29 is 4.79 Å². The highest BCUT2D eigenvalue weighted by Gasteiger charge is 2.34. The fourth-order valence-corrected chi connectivity index (χ4v) is 3.16. The van der Waals surface area contributed by atoms with Gasteiger partial charge in [0.25, 0.3) is 0 Å². The van der Waals surface area contributed by atoms with Crippen LogP contribution in [0.2, 0.25) is 0 Å². The van der Waals surface area contributed by atoms with E-state index in [1.165, 1.54) is 24.0 Å². The van der Waals surface area contributed by atoms with Crippen LogP contribution in [0.1, 0.15) is 32.1 Å². The van der Waals surface area contributed by atoms with Gasteiger partial charge in [0.1, 0.15) is 5.78 Å². The quantitative estimate of drug-likeness (QED) is 0.587. The number of carbonyl (C=O) groups is 1. The highest BCUT2D eigenvalue weighted by molar-refractivity contribution is 5.81. The molecule has 0 amide bonds. The molecule has 1 heteroatoms. The molecule has 0 spiro atoms. The Kier molecular flexibility index (Phi) is 2.12. The van der Waals surface area contributed by atoms with Gasteiger partial charge in [0.2, 0.25) is 0 Å². The molecule has 0 aromatic heterocycles. The second-order valence-electron chi connectivity index (χ2n) is 4.84. The Bertz CT molecular complexity index is 384. The van der Waals surface area contributed by atoms with Crippen molar-refractivity contribution in [2.45, 2.75) is 32.1 Å². The largest absolute Gasteiger partial charge is 0.300 e. The average molecular weight is 200 g/mol. The number of Topliss-reactive ketones (excluding diaryl/α,β-unsaturated/α-hetero) is 1. The maximum absolute atomic E-state index is 11.5. The second kappa shape index (κ2) is 3.48. The molecule has 0 aliphatic heterocycles. The van der Waals surface area contributed by atoms with Crippen LogP contribution in [0.25, 0.3) is 0 Å². The van der Waals surface area contributed by atoms with Gasteiger partial charge in [0.05, 0.1) is 0 Å². The topological polar surface area (TPSA) is 17.1 Å². The minimum absolute atomic E-state index is 0.466. The van der Waals surface area contributed by atoms with Crippen molar-refractivity contribution >= 4 is 5.78 Å². The number of ketones is 1. The Hall–Kier alpha value is -1.11. The number of rotatable bonds is 0. The first-order chi connectivity index (χ1) is 7.34. The summed E-state index contributed by atoms with van der Waals surface area (Å²) >= 11 is 0. The van der Waals surface area contributed by atoms with Crippen LogP contribution in [-0.2, 0) is 4.79 Å². The smallest absolute Gasteiger partial charge is 0.133 e. The Morgan fingerprint density at radius 2 is 2.07 bits per heavy atom. The molecule has 3 aliphatic rings. The van der Waals surface area contributed by atoms with Crippen molar-refractivity contribution in [1.82, 2.24) is 0 Å². The highest BCUT2D eigenvalue weighted by atomic mass is 16.1. The molecule has 1 saturated carbocycles. The molecular formula is C14H16O. The van der Waals surface area contributed by atoms with Crippen molar-refractivity contribution in [3.05, 3.63) is 35.5 Å². The number of hydrogen-bond donors (Lipinski definition) is 0. The van der Waals surface area contributed by atoms with E-state index < -0.39 is 0 Å². The van der Waals surface area contributed by atoms with Crippen molar-refractivity contribution in [2.24, 2.45) is 11.8 Å². The maximum Gasteiger partial charge on any atom is 0.133 e. The van der Waals surface area contributed by atoms with E-state index in [1.54, 1.807) is 0 Å². The molecule has 2 atom stereocenters. The molecule has 1 fully saturated rings. The predicted molar refractivity (Wildman–Crippen MR) is 60.4 cm³/mol. The lowest BCUT2D eigenvalue weighted by molar-refractivity contribution is -0.120. The van der Waals surface area contributed by atoms with Gasteiger partial charge >= 0.3 is 0 Å². The van der Waals surface area contributed by atoms with Gasteiger partial charge in [0.15, 0.2) is 0 Å². The van der Waals surface area contributed by atoms with E-state index in [4.69, 9.17) is 0 Å². The third kappa shape index (κ3) is 1.50. The van der Waals surface area contributed by atoms with E-state index in [-0.39, 0.29) is 0 Å². The van der Waals surface area contributed by atoms with Crippen molar-refractivity contribution in [3.8, 4) is 0 Å². The summed E-state index contributed by atoms with van der Waals surface area (Å²) in [6, 6.07) is 0. The Morgan fingerprint density at radius 3 is 3.00 bits per heavy atom. The molecule has 0 N–H and O–H groups in total. The zero-order valence-corrected chi connectivity index (χ0v) is 8.91. The van der Waals surface area contributed by atoms with Crippen LogP contribution < -0.4 is 0 Å². The van der Waals surface area contributed by atoms with Gasteiger partial charge < -0.3 is 0 Å². The zero-order chi connectivity index (χ0) is 10.3. The molecule has 78 valence electrons. The minimum atomic E-state index is 0.466. The van der Waals surface area contributed by atoms with Crippen LogP contribution in [0.4, 0.5) is 0 Å². The molecule has 0 aromatic carbocycles. The molecule has 0 radical (unpaired) electrons. The van der Waals surface area contributed by atoms with Gasteiger partial charge in [-0.25, -0.2) is 0 Å². The summed E-state index contributed by atoms with van der Waals surface area (Å²) in [5, 5.41) is 0. The molecule has 1 nitrogen and oxygen atoms in total. The lowest BCUT2D eigenvalue weighted by Gasteiger charge is -2.36. The van der Waals surface area contributed by atoms with E-state index in [9.17, 15) is 4.79 Å². The van der Waals surface area contributed by atoms with E-state index in [2.05, 4.69) is 24.3 Å². The Balaban J connectivity index is 1.95. The summed E-state index contributed by atoms with van der Waals surface area (Å²) in [4.78, 5) is 11.5. The molecule has 3 aliphatic carbocycles. The first-order valence-electron chi connectivity index (χ1n) is 5.93. The summed E-state index contributed by atoms with van der Waals surface area (Å²) < 4.78 is 0.